The van der Waals surface area contributed by atoms with Crippen LogP contribution in [-0.4, -0.2) is 70.4 Å². The number of aromatic nitrogens is 2. The lowest BCUT2D eigenvalue weighted by molar-refractivity contribution is -0.140. The maximum atomic E-state index is 13.8. The highest BCUT2D eigenvalue weighted by molar-refractivity contribution is 6.74. The molecule has 194 valence electrons. The van der Waals surface area contributed by atoms with Crippen LogP contribution in [0.5, 0.6) is 0 Å². The number of carbonyl (C=O) groups is 2. The maximum absolute atomic E-state index is 13.8. The number of rotatable bonds is 7. The van der Waals surface area contributed by atoms with Crippen LogP contribution in [0.1, 0.15) is 80.2 Å². The fourth-order valence-electron chi connectivity index (χ4n) is 3.95. The molecule has 0 aromatic carbocycles. The number of carbonyl (C=O) groups excluding carboxylic acids is 2. The van der Waals surface area contributed by atoms with Crippen molar-refractivity contribution in [3.8, 4) is 0 Å². The Kier molecular flexibility index (Phi) is 8.26. The highest BCUT2D eigenvalue weighted by Gasteiger charge is 2.55. The summed E-state index contributed by atoms with van der Waals surface area (Å²) < 4.78 is 17.5. The second-order valence-electron chi connectivity index (χ2n) is 11.6. The molecule has 2 heterocycles. The average molecular weight is 499 g/mol. The van der Waals surface area contributed by atoms with Gasteiger partial charge < -0.3 is 24.0 Å². The Morgan fingerprint density at radius 3 is 2.32 bits per heavy atom. The first-order chi connectivity index (χ1) is 15.4. The Labute approximate surface area is 203 Å². The van der Waals surface area contributed by atoms with E-state index in [-0.39, 0.29) is 10.9 Å². The summed E-state index contributed by atoms with van der Waals surface area (Å²) in [4.78, 5) is 28.1. The van der Waals surface area contributed by atoms with Crippen LogP contribution in [-0.2, 0) is 14.0 Å². The summed E-state index contributed by atoms with van der Waals surface area (Å²) in [6, 6.07) is -0.763. The topological polar surface area (TPSA) is 127 Å². The van der Waals surface area contributed by atoms with Gasteiger partial charge in [0, 0.05) is 6.54 Å². The second kappa shape index (κ2) is 9.94. The predicted octanol–water partition coefficient (Wildman–Crippen LogP) is 3.79. The van der Waals surface area contributed by atoms with Gasteiger partial charge in [0.05, 0.1) is 12.2 Å². The highest BCUT2D eigenvalue weighted by atomic mass is 28.4. The molecule has 0 radical (unpaired) electrons. The largest absolute Gasteiger partial charge is 0.444 e. The summed E-state index contributed by atoms with van der Waals surface area (Å²) in [5.74, 6) is -0.318. The summed E-state index contributed by atoms with van der Waals surface area (Å²) in [7, 11) is -2.20. The Hall–Kier alpha value is -1.98. The molecule has 34 heavy (non-hydrogen) atoms. The molecule has 0 spiro atoms. The van der Waals surface area contributed by atoms with Crippen LogP contribution >= 0.6 is 0 Å². The van der Waals surface area contributed by atoms with Gasteiger partial charge in [-0.15, -0.1) is 10.2 Å². The van der Waals surface area contributed by atoms with Gasteiger partial charge in [-0.25, -0.2) is 4.79 Å². The van der Waals surface area contributed by atoms with E-state index in [9.17, 15) is 14.7 Å². The first-order valence-electron chi connectivity index (χ1n) is 11.9. The van der Waals surface area contributed by atoms with Gasteiger partial charge in [-0.1, -0.05) is 20.8 Å². The van der Waals surface area contributed by atoms with Crippen LogP contribution in [0.3, 0.4) is 0 Å². The monoisotopic (exact) mass is 498 g/mol. The summed E-state index contributed by atoms with van der Waals surface area (Å²) >= 11 is 0. The van der Waals surface area contributed by atoms with E-state index in [0.29, 0.717) is 19.4 Å². The van der Waals surface area contributed by atoms with Gasteiger partial charge in [0.25, 0.3) is 0 Å². The van der Waals surface area contributed by atoms with Crippen molar-refractivity contribution in [1.82, 2.24) is 20.4 Å². The van der Waals surface area contributed by atoms with Crippen LogP contribution in [0.25, 0.3) is 0 Å². The van der Waals surface area contributed by atoms with Crippen molar-refractivity contribution >= 4 is 20.3 Å². The zero-order valence-electron chi connectivity index (χ0n) is 22.3. The van der Waals surface area contributed by atoms with Crippen molar-refractivity contribution < 1.29 is 28.3 Å². The van der Waals surface area contributed by atoms with Gasteiger partial charge in [0.1, 0.15) is 11.6 Å². The molecule has 11 heteroatoms. The summed E-state index contributed by atoms with van der Waals surface area (Å²) in [5, 5.41) is 21.5. The van der Waals surface area contributed by atoms with Crippen molar-refractivity contribution in [1.29, 1.82) is 0 Å². The molecule has 2 amide bonds. The van der Waals surface area contributed by atoms with Crippen LogP contribution < -0.4 is 5.32 Å². The molecule has 1 fully saturated rings. The molecule has 0 aliphatic carbocycles. The van der Waals surface area contributed by atoms with Gasteiger partial charge in [-0.2, -0.15) is 0 Å². The Morgan fingerprint density at radius 1 is 1.24 bits per heavy atom. The van der Waals surface area contributed by atoms with E-state index < -0.39 is 49.7 Å². The quantitative estimate of drug-likeness (QED) is 0.544. The third-order valence-electron chi connectivity index (χ3n) is 6.81. The molecule has 1 aromatic rings. The number of aliphatic hydroxyl groups excluding tert-OH is 1. The highest BCUT2D eigenvalue weighted by Crippen LogP contribution is 2.39. The van der Waals surface area contributed by atoms with E-state index in [1.807, 2.05) is 6.92 Å². The zero-order chi connectivity index (χ0) is 26.1. The van der Waals surface area contributed by atoms with Gasteiger partial charge in [-0.3, -0.25) is 9.69 Å². The molecule has 1 saturated heterocycles. The molecule has 3 unspecified atom stereocenters. The number of aliphatic hydroxyl groups is 1. The molecular formula is C23H42N4O6Si. The minimum atomic E-state index is -2.20. The number of nitrogens with one attached hydrogen (secondary N) is 1. The van der Waals surface area contributed by atoms with E-state index in [0.717, 1.165) is 0 Å². The molecule has 2 N–H and O–H groups in total. The van der Waals surface area contributed by atoms with Gasteiger partial charge in [-0.05, 0) is 65.6 Å². The summed E-state index contributed by atoms with van der Waals surface area (Å²) in [6.45, 7) is 19.6. The number of hydrogen-bond acceptors (Lipinski definition) is 8. The van der Waals surface area contributed by atoms with E-state index in [1.54, 1.807) is 20.8 Å². The fraction of sp³-hybridized carbons (Fsp3) is 0.826. The fourth-order valence-corrected chi connectivity index (χ4v) is 5.36. The Bertz CT molecular complexity index is 847. The molecule has 4 atom stereocenters. The number of nitrogens with zero attached hydrogens (tertiary/aromatic N) is 3. The van der Waals surface area contributed by atoms with Crippen LogP contribution in [0.2, 0.25) is 18.1 Å². The molecule has 10 nitrogen and oxygen atoms in total. The van der Waals surface area contributed by atoms with E-state index in [4.69, 9.17) is 13.6 Å². The molecule has 1 aromatic heterocycles. The number of amides is 2. The van der Waals surface area contributed by atoms with Gasteiger partial charge in [0.2, 0.25) is 18.2 Å². The molecule has 1 aliphatic heterocycles. The van der Waals surface area contributed by atoms with E-state index in [1.165, 1.54) is 18.2 Å². The average Bonchev–Trinajstić information content (AvgIpc) is 3.33. The molecule has 2 rings (SSSR count). The normalized spacial score (nSPS) is 22.3. The number of likely N-dealkylation sites (tertiary alicyclic amines) is 1. The zero-order valence-corrected chi connectivity index (χ0v) is 23.3. The number of hydrogen-bond donors (Lipinski definition) is 2. The summed E-state index contributed by atoms with van der Waals surface area (Å²) in [6.07, 6.45) is -0.223. The lowest BCUT2D eigenvalue weighted by atomic mass is 9.88. The van der Waals surface area contributed by atoms with Crippen molar-refractivity contribution in [2.24, 2.45) is 0 Å². The van der Waals surface area contributed by atoms with Crippen LogP contribution in [0.4, 0.5) is 4.79 Å². The van der Waals surface area contributed by atoms with Gasteiger partial charge >= 0.3 is 6.09 Å². The summed E-state index contributed by atoms with van der Waals surface area (Å²) in [5.41, 5.74) is -2.23. The number of ether oxygens (including phenoxy) is 1. The lowest BCUT2D eigenvalue weighted by Gasteiger charge is -2.42. The molecule has 1 aliphatic rings. The van der Waals surface area contributed by atoms with Crippen molar-refractivity contribution in [2.75, 3.05) is 6.54 Å². The van der Waals surface area contributed by atoms with Crippen LogP contribution in [0, 0.1) is 0 Å². The van der Waals surface area contributed by atoms with Crippen LogP contribution in [0.15, 0.2) is 10.8 Å². The maximum Gasteiger partial charge on any atom is 0.411 e. The molecule has 0 bridgehead atoms. The third kappa shape index (κ3) is 5.98. The Morgan fingerprint density at radius 2 is 1.85 bits per heavy atom. The van der Waals surface area contributed by atoms with E-state index in [2.05, 4.69) is 49.4 Å². The smallest absolute Gasteiger partial charge is 0.411 e. The van der Waals surface area contributed by atoms with Crippen molar-refractivity contribution in [2.45, 2.75) is 116 Å². The Balaban J connectivity index is 2.38. The standard InChI is InChI=1S/C23H42N4O6Si/c1-15(33-34(9,10)22(6,7)8)17(18-26-24-14-31-18)25-19(29)23(16(2)28)12-11-13-27(23)20(30)32-21(3,4)5/h14-17,28H,11-13H2,1-10H3,(H,25,29)/t15-,16?,17?,23?/m1/s1. The minimum Gasteiger partial charge on any atom is -0.444 e. The first-order valence-corrected chi connectivity index (χ1v) is 14.8. The van der Waals surface area contributed by atoms with Crippen molar-refractivity contribution in [3.05, 3.63) is 12.3 Å². The third-order valence-corrected chi connectivity index (χ3v) is 11.4. The molecular weight excluding hydrogens is 456 g/mol. The first kappa shape index (κ1) is 28.3. The lowest BCUT2D eigenvalue weighted by Crippen LogP contribution is -2.64. The second-order valence-corrected chi connectivity index (χ2v) is 16.4. The van der Waals surface area contributed by atoms with Gasteiger partial charge in [0.15, 0.2) is 13.9 Å². The predicted molar refractivity (Wildman–Crippen MR) is 130 cm³/mol. The minimum absolute atomic E-state index is 0.0511. The van der Waals surface area contributed by atoms with Crippen molar-refractivity contribution in [3.63, 3.8) is 0 Å². The SMILES string of the molecule is CC(O)C1(C(=O)NC(c2nnco2)[C@@H](C)O[Si](C)(C)C(C)(C)C)CCCN1C(=O)OC(C)(C)C. The van der Waals surface area contributed by atoms with E-state index >= 15 is 0 Å². The molecule has 0 saturated carbocycles.